The number of thiophene rings is 1. The molecule has 200 valence electrons. The van der Waals surface area contributed by atoms with Crippen LogP contribution in [0.1, 0.15) is 15.2 Å². The van der Waals surface area contributed by atoms with E-state index in [1.807, 2.05) is 30.1 Å². The largest absolute Gasteiger partial charge is 0.482 e. The summed E-state index contributed by atoms with van der Waals surface area (Å²) < 4.78 is 12.1. The zero-order valence-electron chi connectivity index (χ0n) is 20.9. The first-order valence-corrected chi connectivity index (χ1v) is 13.0. The summed E-state index contributed by atoms with van der Waals surface area (Å²) in [6.07, 6.45) is 2.72. The SMILES string of the molecule is CN(Cc1cc2nc(-c3ccc4c(c3)OCC(=O)N4)nc(N3CCOCC3)c2s1)c1ncc(C(=O)NO)cn1. The van der Waals surface area contributed by atoms with E-state index >= 15 is 0 Å². The van der Waals surface area contributed by atoms with Gasteiger partial charge in [-0.05, 0) is 24.3 Å². The van der Waals surface area contributed by atoms with Crippen molar-refractivity contribution < 1.29 is 24.3 Å². The van der Waals surface area contributed by atoms with Gasteiger partial charge in [0, 0.05) is 43.0 Å². The first-order chi connectivity index (χ1) is 19.0. The predicted octanol–water partition coefficient (Wildman–Crippen LogP) is 2.07. The van der Waals surface area contributed by atoms with Crippen LogP contribution < -0.4 is 25.3 Å². The van der Waals surface area contributed by atoms with E-state index in [1.165, 1.54) is 12.4 Å². The quantitative estimate of drug-likeness (QED) is 0.240. The van der Waals surface area contributed by atoms with Gasteiger partial charge in [0.25, 0.3) is 11.8 Å². The second-order valence-corrected chi connectivity index (χ2v) is 10.2. The van der Waals surface area contributed by atoms with Gasteiger partial charge in [-0.1, -0.05) is 0 Å². The number of nitrogens with one attached hydrogen (secondary N) is 2. The first kappa shape index (κ1) is 24.9. The molecule has 13 nitrogen and oxygen atoms in total. The van der Waals surface area contributed by atoms with Crippen LogP contribution >= 0.6 is 11.3 Å². The van der Waals surface area contributed by atoms with Gasteiger partial charge in [-0.2, -0.15) is 0 Å². The predicted molar refractivity (Wildman–Crippen MR) is 143 cm³/mol. The number of amides is 2. The van der Waals surface area contributed by atoms with Gasteiger partial charge >= 0.3 is 0 Å². The summed E-state index contributed by atoms with van der Waals surface area (Å²) in [5, 5.41) is 11.6. The van der Waals surface area contributed by atoms with Crippen LogP contribution in [0.3, 0.4) is 0 Å². The van der Waals surface area contributed by atoms with Gasteiger partial charge in [-0.15, -0.1) is 11.3 Å². The van der Waals surface area contributed by atoms with E-state index < -0.39 is 5.91 Å². The molecule has 1 fully saturated rings. The van der Waals surface area contributed by atoms with Crippen molar-refractivity contribution in [3.05, 3.63) is 47.1 Å². The van der Waals surface area contributed by atoms with Gasteiger partial charge in [0.2, 0.25) is 5.95 Å². The van der Waals surface area contributed by atoms with Crippen molar-refractivity contribution in [1.82, 2.24) is 25.4 Å². The molecule has 1 saturated heterocycles. The molecule has 2 aliphatic heterocycles. The molecule has 2 aliphatic rings. The van der Waals surface area contributed by atoms with Crippen LogP contribution in [0.5, 0.6) is 5.75 Å². The minimum atomic E-state index is -0.672. The lowest BCUT2D eigenvalue weighted by atomic mass is 10.1. The number of hydrogen-bond donors (Lipinski definition) is 3. The molecule has 3 aromatic heterocycles. The minimum Gasteiger partial charge on any atom is -0.482 e. The van der Waals surface area contributed by atoms with Gasteiger partial charge in [-0.25, -0.2) is 25.4 Å². The normalized spacial score (nSPS) is 14.9. The number of aromatic nitrogens is 4. The molecule has 14 heteroatoms. The molecule has 0 bridgehead atoms. The number of rotatable bonds is 6. The van der Waals surface area contributed by atoms with Crippen molar-refractivity contribution in [1.29, 1.82) is 0 Å². The lowest BCUT2D eigenvalue weighted by Gasteiger charge is -2.28. The minimum absolute atomic E-state index is 0.0299. The molecule has 0 aliphatic carbocycles. The highest BCUT2D eigenvalue weighted by Gasteiger charge is 2.22. The first-order valence-electron chi connectivity index (χ1n) is 12.2. The van der Waals surface area contributed by atoms with E-state index in [9.17, 15) is 9.59 Å². The Hall–Kier alpha value is -4.40. The Morgan fingerprint density at radius 3 is 2.77 bits per heavy atom. The second-order valence-electron chi connectivity index (χ2n) is 9.01. The molecule has 39 heavy (non-hydrogen) atoms. The van der Waals surface area contributed by atoms with E-state index in [0.717, 1.165) is 39.6 Å². The topological polar surface area (TPSA) is 155 Å². The average Bonchev–Trinajstić information content (AvgIpc) is 3.38. The number of carbonyl (C=O) groups is 2. The van der Waals surface area contributed by atoms with Gasteiger partial charge in [0.1, 0.15) is 5.75 Å². The monoisotopic (exact) mass is 548 g/mol. The summed E-state index contributed by atoms with van der Waals surface area (Å²) in [6.45, 7) is 3.17. The van der Waals surface area contributed by atoms with Crippen molar-refractivity contribution in [2.75, 3.05) is 55.1 Å². The summed E-state index contributed by atoms with van der Waals surface area (Å²) in [7, 11) is 1.86. The van der Waals surface area contributed by atoms with Gasteiger partial charge < -0.3 is 24.6 Å². The molecule has 0 unspecified atom stereocenters. The molecular weight excluding hydrogens is 524 g/mol. The molecule has 0 radical (unpaired) electrons. The lowest BCUT2D eigenvalue weighted by molar-refractivity contribution is -0.118. The number of benzene rings is 1. The molecule has 2 amide bonds. The molecule has 0 spiro atoms. The fourth-order valence-corrected chi connectivity index (χ4v) is 5.55. The Kier molecular flexibility index (Phi) is 6.64. The highest BCUT2D eigenvalue weighted by molar-refractivity contribution is 7.19. The Labute approximate surface area is 226 Å². The third-order valence-corrected chi connectivity index (χ3v) is 7.43. The zero-order chi connectivity index (χ0) is 26.9. The van der Waals surface area contributed by atoms with Gasteiger partial charge in [0.15, 0.2) is 18.2 Å². The molecule has 0 saturated carbocycles. The smallest absolute Gasteiger partial charge is 0.277 e. The fraction of sp³-hybridized carbons (Fsp3) is 0.280. The third-order valence-electron chi connectivity index (χ3n) is 6.32. The average molecular weight is 549 g/mol. The molecule has 3 N–H and O–H groups in total. The molecule has 1 aromatic carbocycles. The van der Waals surface area contributed by atoms with Crippen molar-refractivity contribution >= 4 is 50.8 Å². The van der Waals surface area contributed by atoms with Gasteiger partial charge in [0.05, 0.1) is 41.2 Å². The van der Waals surface area contributed by atoms with Crippen molar-refractivity contribution in [3.63, 3.8) is 0 Å². The number of carbonyl (C=O) groups excluding carboxylic acids is 2. The summed E-state index contributed by atoms with van der Waals surface area (Å²) in [5.41, 5.74) is 3.95. The number of nitrogens with zero attached hydrogens (tertiary/aromatic N) is 6. The maximum absolute atomic E-state index is 11.7. The zero-order valence-corrected chi connectivity index (χ0v) is 21.7. The summed E-state index contributed by atoms with van der Waals surface area (Å²) in [4.78, 5) is 46.7. The van der Waals surface area contributed by atoms with E-state index in [-0.39, 0.29) is 18.1 Å². The van der Waals surface area contributed by atoms with Crippen LogP contribution in [-0.4, -0.2) is 76.9 Å². The molecule has 5 heterocycles. The molecular formula is C25H24N8O5S. The van der Waals surface area contributed by atoms with E-state index in [1.54, 1.807) is 22.9 Å². The summed E-state index contributed by atoms with van der Waals surface area (Å²) in [5.74, 6) is 1.57. The third kappa shape index (κ3) is 5.04. The molecule has 6 rings (SSSR count). The van der Waals surface area contributed by atoms with E-state index in [2.05, 4.69) is 20.2 Å². The number of morpholine rings is 1. The fourth-order valence-electron chi connectivity index (χ4n) is 4.38. The van der Waals surface area contributed by atoms with E-state index in [4.69, 9.17) is 24.6 Å². The lowest BCUT2D eigenvalue weighted by Crippen LogP contribution is -2.36. The van der Waals surface area contributed by atoms with Crippen LogP contribution in [0.25, 0.3) is 21.6 Å². The Balaban J connectivity index is 1.34. The van der Waals surface area contributed by atoms with Crippen molar-refractivity contribution in [2.45, 2.75) is 6.54 Å². The molecule has 0 atom stereocenters. The summed E-state index contributed by atoms with van der Waals surface area (Å²) >= 11 is 1.61. The van der Waals surface area contributed by atoms with Crippen LogP contribution in [0, 0.1) is 0 Å². The summed E-state index contributed by atoms with van der Waals surface area (Å²) in [6, 6.07) is 7.55. The van der Waals surface area contributed by atoms with Crippen molar-refractivity contribution in [3.8, 4) is 17.1 Å². The Morgan fingerprint density at radius 1 is 1.21 bits per heavy atom. The van der Waals surface area contributed by atoms with Crippen LogP contribution in [0.2, 0.25) is 0 Å². The molecule has 4 aromatic rings. The number of fused-ring (bicyclic) bond motifs is 2. The number of anilines is 3. The highest BCUT2D eigenvalue weighted by atomic mass is 32.1. The maximum Gasteiger partial charge on any atom is 0.277 e. The van der Waals surface area contributed by atoms with Crippen LogP contribution in [0.15, 0.2) is 36.7 Å². The maximum atomic E-state index is 11.7. The Morgan fingerprint density at radius 2 is 2.00 bits per heavy atom. The van der Waals surface area contributed by atoms with Gasteiger partial charge in [-0.3, -0.25) is 14.8 Å². The standard InChI is InChI=1S/C25H24N8O5S/c1-32(25-26-10-15(11-27-25)24(35)31-36)12-16-9-18-21(39-16)23(33-4-6-37-7-5-33)30-22(29-18)14-2-3-17-19(8-14)38-13-20(34)28-17/h2-3,8-11,36H,4-7,12-13H2,1H3,(H,28,34)(H,31,35). The second kappa shape index (κ2) is 10.4. The number of ether oxygens (including phenoxy) is 2. The van der Waals surface area contributed by atoms with Crippen LogP contribution in [-0.2, 0) is 16.1 Å². The Bertz CT molecular complexity index is 1550. The van der Waals surface area contributed by atoms with Crippen LogP contribution in [0.4, 0.5) is 17.5 Å². The van der Waals surface area contributed by atoms with Crippen molar-refractivity contribution in [2.24, 2.45) is 0 Å². The highest BCUT2D eigenvalue weighted by Crippen LogP contribution is 2.37. The van der Waals surface area contributed by atoms with E-state index in [0.29, 0.717) is 43.0 Å². The number of hydrogen-bond acceptors (Lipinski definition) is 12. The number of hydroxylamine groups is 1.